The Morgan fingerprint density at radius 3 is 2.69 bits per heavy atom. The molecule has 0 amide bonds. The lowest BCUT2D eigenvalue weighted by Gasteiger charge is -2.08. The first-order valence-electron chi connectivity index (χ1n) is 8.29. The molecule has 0 atom stereocenters. The molecule has 0 unspecified atom stereocenters. The maximum Gasteiger partial charge on any atom is 0.259 e. The molecule has 0 saturated carbocycles. The van der Waals surface area contributed by atoms with Crippen LogP contribution < -0.4 is 4.74 Å². The summed E-state index contributed by atoms with van der Waals surface area (Å²) < 4.78 is 12.1. The average molecular weight is 410 g/mol. The van der Waals surface area contributed by atoms with Crippen molar-refractivity contribution in [3.05, 3.63) is 58.6 Å². The smallest absolute Gasteiger partial charge is 0.259 e. The van der Waals surface area contributed by atoms with E-state index in [9.17, 15) is 0 Å². The Balaban J connectivity index is 1.85. The highest BCUT2D eigenvalue weighted by atomic mass is 79.9. The summed E-state index contributed by atoms with van der Waals surface area (Å²) in [6, 6.07) is 15.8. The standard InChI is InChI=1S/C20H16BrN3O2/c1-3-25-19-15(11-13-10-12(2)8-9-17(13)22-19)18-23-20(26-24-18)14-6-4-5-7-16(14)21/h4-11H,3H2,1-2H3. The predicted octanol–water partition coefficient (Wildman–Crippen LogP) is 5.42. The number of rotatable bonds is 4. The zero-order chi connectivity index (χ0) is 18.1. The minimum Gasteiger partial charge on any atom is -0.477 e. The highest BCUT2D eigenvalue weighted by Gasteiger charge is 2.18. The van der Waals surface area contributed by atoms with E-state index in [1.54, 1.807) is 0 Å². The average Bonchev–Trinajstić information content (AvgIpc) is 3.11. The summed E-state index contributed by atoms with van der Waals surface area (Å²) in [7, 11) is 0. The van der Waals surface area contributed by atoms with Crippen LogP contribution in [0.1, 0.15) is 12.5 Å². The molecule has 0 aliphatic rings. The van der Waals surface area contributed by atoms with Gasteiger partial charge in [0.2, 0.25) is 11.7 Å². The normalized spacial score (nSPS) is 11.0. The fourth-order valence-electron chi connectivity index (χ4n) is 2.76. The molecule has 2 aromatic carbocycles. The number of halogens is 1. The maximum atomic E-state index is 5.73. The van der Waals surface area contributed by atoms with Gasteiger partial charge in [-0.25, -0.2) is 4.98 Å². The number of fused-ring (bicyclic) bond motifs is 1. The van der Waals surface area contributed by atoms with Gasteiger partial charge in [0.05, 0.1) is 23.3 Å². The van der Waals surface area contributed by atoms with Crippen molar-refractivity contribution in [2.75, 3.05) is 6.61 Å². The van der Waals surface area contributed by atoms with E-state index < -0.39 is 0 Å². The number of hydrogen-bond acceptors (Lipinski definition) is 5. The highest BCUT2D eigenvalue weighted by Crippen LogP contribution is 2.33. The van der Waals surface area contributed by atoms with Crippen molar-refractivity contribution < 1.29 is 9.26 Å². The lowest BCUT2D eigenvalue weighted by atomic mass is 10.1. The molecule has 0 fully saturated rings. The number of hydrogen-bond donors (Lipinski definition) is 0. The van der Waals surface area contributed by atoms with E-state index in [1.165, 1.54) is 0 Å². The Labute approximate surface area is 159 Å². The number of benzene rings is 2. The Bertz CT molecular complexity index is 1090. The van der Waals surface area contributed by atoms with Crippen molar-refractivity contribution in [2.45, 2.75) is 13.8 Å². The van der Waals surface area contributed by atoms with Crippen molar-refractivity contribution in [3.63, 3.8) is 0 Å². The van der Waals surface area contributed by atoms with Crippen LogP contribution in [-0.2, 0) is 0 Å². The molecule has 0 radical (unpaired) electrons. The molecule has 0 saturated heterocycles. The largest absolute Gasteiger partial charge is 0.477 e. The monoisotopic (exact) mass is 409 g/mol. The van der Waals surface area contributed by atoms with Crippen LogP contribution in [0.15, 0.2) is 57.5 Å². The molecule has 2 heterocycles. The predicted molar refractivity (Wildman–Crippen MR) is 104 cm³/mol. The summed E-state index contributed by atoms with van der Waals surface area (Å²) in [6.07, 6.45) is 0. The van der Waals surface area contributed by atoms with E-state index in [4.69, 9.17) is 9.26 Å². The summed E-state index contributed by atoms with van der Waals surface area (Å²) in [5.74, 6) is 1.40. The molecule has 26 heavy (non-hydrogen) atoms. The third-order valence-electron chi connectivity index (χ3n) is 3.99. The maximum absolute atomic E-state index is 5.73. The number of aromatic nitrogens is 3. The van der Waals surface area contributed by atoms with Crippen LogP contribution in [0.2, 0.25) is 0 Å². The topological polar surface area (TPSA) is 61.0 Å². The molecule has 0 aliphatic heterocycles. The van der Waals surface area contributed by atoms with Gasteiger partial charge in [0.1, 0.15) is 0 Å². The van der Waals surface area contributed by atoms with E-state index in [-0.39, 0.29) is 0 Å². The van der Waals surface area contributed by atoms with Gasteiger partial charge in [0.25, 0.3) is 5.89 Å². The number of pyridine rings is 1. The van der Waals surface area contributed by atoms with Gasteiger partial charge in [0, 0.05) is 9.86 Å². The van der Waals surface area contributed by atoms with Crippen LogP contribution in [0.3, 0.4) is 0 Å². The molecule has 0 aliphatic carbocycles. The van der Waals surface area contributed by atoms with Gasteiger partial charge in [0.15, 0.2) is 0 Å². The zero-order valence-electron chi connectivity index (χ0n) is 14.4. The van der Waals surface area contributed by atoms with Crippen LogP contribution in [-0.4, -0.2) is 21.7 Å². The van der Waals surface area contributed by atoms with Crippen molar-refractivity contribution in [3.8, 4) is 28.7 Å². The van der Waals surface area contributed by atoms with Crippen LogP contribution in [0, 0.1) is 6.92 Å². The van der Waals surface area contributed by atoms with E-state index in [0.29, 0.717) is 29.8 Å². The minimum absolute atomic E-state index is 0.444. The first kappa shape index (κ1) is 16.7. The molecule has 0 bridgehead atoms. The van der Waals surface area contributed by atoms with Crippen LogP contribution in [0.4, 0.5) is 0 Å². The lowest BCUT2D eigenvalue weighted by molar-refractivity contribution is 0.329. The molecule has 5 nitrogen and oxygen atoms in total. The third kappa shape index (κ3) is 3.08. The van der Waals surface area contributed by atoms with Gasteiger partial charge in [-0.05, 0) is 60.1 Å². The van der Waals surface area contributed by atoms with E-state index in [0.717, 1.165) is 26.5 Å². The van der Waals surface area contributed by atoms with Gasteiger partial charge < -0.3 is 9.26 Å². The highest BCUT2D eigenvalue weighted by molar-refractivity contribution is 9.10. The van der Waals surface area contributed by atoms with Crippen molar-refractivity contribution in [1.29, 1.82) is 0 Å². The number of aryl methyl sites for hydroxylation is 1. The van der Waals surface area contributed by atoms with Gasteiger partial charge in [-0.15, -0.1) is 0 Å². The summed E-state index contributed by atoms with van der Waals surface area (Å²) in [5, 5.41) is 5.16. The first-order valence-corrected chi connectivity index (χ1v) is 9.08. The molecule has 4 rings (SSSR count). The lowest BCUT2D eigenvalue weighted by Crippen LogP contribution is -1.98. The van der Waals surface area contributed by atoms with Crippen LogP contribution >= 0.6 is 15.9 Å². The fourth-order valence-corrected chi connectivity index (χ4v) is 3.22. The fraction of sp³-hybridized carbons (Fsp3) is 0.150. The molecule has 0 spiro atoms. The summed E-state index contributed by atoms with van der Waals surface area (Å²) in [4.78, 5) is 9.18. The molecule has 2 aromatic heterocycles. The van der Waals surface area contributed by atoms with Crippen LogP contribution in [0.25, 0.3) is 33.7 Å². The van der Waals surface area contributed by atoms with E-state index >= 15 is 0 Å². The number of ether oxygens (including phenoxy) is 1. The minimum atomic E-state index is 0.444. The summed E-state index contributed by atoms with van der Waals surface area (Å²) >= 11 is 3.51. The SMILES string of the molecule is CCOc1nc2ccc(C)cc2cc1-c1noc(-c2ccccc2Br)n1. The van der Waals surface area contributed by atoms with Crippen LogP contribution in [0.5, 0.6) is 5.88 Å². The van der Waals surface area contributed by atoms with Gasteiger partial charge in [-0.2, -0.15) is 4.98 Å². The molecular formula is C20H16BrN3O2. The second-order valence-electron chi connectivity index (χ2n) is 5.87. The third-order valence-corrected chi connectivity index (χ3v) is 4.68. The quantitative estimate of drug-likeness (QED) is 0.450. The molecule has 130 valence electrons. The Hall–Kier alpha value is -2.73. The molecule has 0 N–H and O–H groups in total. The van der Waals surface area contributed by atoms with Crippen molar-refractivity contribution >= 4 is 26.8 Å². The molecule has 6 heteroatoms. The molecular weight excluding hydrogens is 394 g/mol. The second-order valence-corrected chi connectivity index (χ2v) is 6.73. The van der Waals surface area contributed by atoms with Gasteiger partial charge >= 0.3 is 0 Å². The Morgan fingerprint density at radius 2 is 1.88 bits per heavy atom. The van der Waals surface area contributed by atoms with E-state index in [1.807, 2.05) is 49.4 Å². The van der Waals surface area contributed by atoms with Gasteiger partial charge in [-0.1, -0.05) is 28.9 Å². The summed E-state index contributed by atoms with van der Waals surface area (Å²) in [5.41, 5.74) is 3.59. The number of nitrogens with zero attached hydrogens (tertiary/aromatic N) is 3. The van der Waals surface area contributed by atoms with Gasteiger partial charge in [-0.3, -0.25) is 0 Å². The Kier molecular flexibility index (Phi) is 4.42. The van der Waals surface area contributed by atoms with Crippen molar-refractivity contribution in [1.82, 2.24) is 15.1 Å². The van der Waals surface area contributed by atoms with E-state index in [2.05, 4.69) is 44.0 Å². The Morgan fingerprint density at radius 1 is 1.04 bits per heavy atom. The summed E-state index contributed by atoms with van der Waals surface area (Å²) in [6.45, 7) is 4.48. The zero-order valence-corrected chi connectivity index (χ0v) is 15.9. The molecule has 4 aromatic rings. The van der Waals surface area contributed by atoms with Crippen molar-refractivity contribution in [2.24, 2.45) is 0 Å². The second kappa shape index (κ2) is 6.88. The first-order chi connectivity index (χ1) is 12.7.